The average molecular weight is 282 g/mol. The van der Waals surface area contributed by atoms with Crippen molar-refractivity contribution in [1.82, 2.24) is 4.98 Å². The normalized spacial score (nSPS) is 10.4. The number of nitriles is 1. The zero-order valence-corrected chi connectivity index (χ0v) is 11.5. The number of aromatic amines is 1. The van der Waals surface area contributed by atoms with Gasteiger partial charge in [0.25, 0.3) is 0 Å². The number of thiophene rings is 1. The second-order valence-electron chi connectivity index (χ2n) is 4.22. The number of benzene rings is 1. The number of methoxy groups -OCH3 is 1. The lowest BCUT2D eigenvalue weighted by atomic mass is 10.1. The minimum Gasteiger partial charge on any atom is -0.495 e. The maximum Gasteiger partial charge on any atom is 0.208 e. The lowest BCUT2D eigenvalue weighted by Crippen LogP contribution is -1.99. The van der Waals surface area contributed by atoms with Crippen LogP contribution in [0.25, 0.3) is 10.9 Å². The zero-order valence-electron chi connectivity index (χ0n) is 10.6. The molecular formula is C15H10N2O2S. The van der Waals surface area contributed by atoms with E-state index in [1.54, 1.807) is 37.6 Å². The summed E-state index contributed by atoms with van der Waals surface area (Å²) in [5, 5.41) is 11.5. The van der Waals surface area contributed by atoms with E-state index in [-0.39, 0.29) is 5.78 Å². The highest BCUT2D eigenvalue weighted by Gasteiger charge is 2.19. The molecule has 20 heavy (non-hydrogen) atoms. The summed E-state index contributed by atoms with van der Waals surface area (Å²) in [6, 6.07) is 9.10. The molecule has 1 N–H and O–H groups in total. The number of nitrogens with zero attached hydrogens (tertiary/aromatic N) is 1. The van der Waals surface area contributed by atoms with E-state index in [0.717, 1.165) is 10.9 Å². The number of ketones is 1. The molecule has 1 aromatic carbocycles. The van der Waals surface area contributed by atoms with E-state index in [1.165, 1.54) is 11.3 Å². The molecule has 5 heteroatoms. The van der Waals surface area contributed by atoms with Crippen LogP contribution in [0.4, 0.5) is 0 Å². The van der Waals surface area contributed by atoms with Gasteiger partial charge in [-0.3, -0.25) is 4.79 Å². The summed E-state index contributed by atoms with van der Waals surface area (Å²) in [6.07, 6.45) is 1.67. The van der Waals surface area contributed by atoms with Crippen molar-refractivity contribution < 1.29 is 9.53 Å². The van der Waals surface area contributed by atoms with E-state index in [1.807, 2.05) is 5.38 Å². The highest BCUT2D eigenvalue weighted by Crippen LogP contribution is 2.30. The number of nitrogens with one attached hydrogen (secondary N) is 1. The first-order chi connectivity index (χ1) is 9.74. The van der Waals surface area contributed by atoms with Gasteiger partial charge in [0.05, 0.1) is 18.7 Å². The van der Waals surface area contributed by atoms with Gasteiger partial charge in [0.2, 0.25) is 5.78 Å². The van der Waals surface area contributed by atoms with E-state index in [4.69, 9.17) is 10.00 Å². The van der Waals surface area contributed by atoms with E-state index in [9.17, 15) is 4.79 Å². The number of carbonyl (C=O) groups is 1. The third-order valence-corrected chi connectivity index (χ3v) is 4.01. The number of hydrogen-bond acceptors (Lipinski definition) is 4. The number of ether oxygens (including phenoxy) is 1. The molecule has 4 nitrogen and oxygen atoms in total. The van der Waals surface area contributed by atoms with Crippen LogP contribution in [-0.2, 0) is 0 Å². The van der Waals surface area contributed by atoms with E-state index >= 15 is 0 Å². The van der Waals surface area contributed by atoms with E-state index < -0.39 is 0 Å². The molecule has 0 bridgehead atoms. The van der Waals surface area contributed by atoms with Crippen molar-refractivity contribution in [1.29, 1.82) is 5.26 Å². The second kappa shape index (κ2) is 4.83. The van der Waals surface area contributed by atoms with Gasteiger partial charge >= 0.3 is 0 Å². The van der Waals surface area contributed by atoms with Crippen LogP contribution in [0.5, 0.6) is 5.75 Å². The van der Waals surface area contributed by atoms with Crippen LogP contribution in [0, 0.1) is 11.3 Å². The standard InChI is InChI=1S/C15H10N2O2S/c1-19-13-4-5-20-15(13)14(18)11-8-17-12-3-2-9(7-16)6-10(11)12/h2-6,8,17H,1H3. The molecule has 0 amide bonds. The molecule has 0 aliphatic rings. The van der Waals surface area contributed by atoms with E-state index in [0.29, 0.717) is 21.8 Å². The highest BCUT2D eigenvalue weighted by atomic mass is 32.1. The Balaban J connectivity index is 2.15. The molecule has 0 radical (unpaired) electrons. The number of aromatic nitrogens is 1. The van der Waals surface area contributed by atoms with Gasteiger partial charge < -0.3 is 9.72 Å². The first-order valence-corrected chi connectivity index (χ1v) is 6.80. The van der Waals surface area contributed by atoms with Gasteiger partial charge in [-0.2, -0.15) is 5.26 Å². The van der Waals surface area contributed by atoms with Crippen molar-refractivity contribution in [3.63, 3.8) is 0 Å². The Morgan fingerprint density at radius 3 is 3.00 bits per heavy atom. The van der Waals surface area contributed by atoms with Crippen LogP contribution in [0.3, 0.4) is 0 Å². The molecule has 2 heterocycles. The lowest BCUT2D eigenvalue weighted by molar-refractivity contribution is 0.104. The van der Waals surface area contributed by atoms with Crippen molar-refractivity contribution in [2.45, 2.75) is 0 Å². The molecule has 0 aliphatic carbocycles. The number of carbonyl (C=O) groups excluding carboxylic acids is 1. The SMILES string of the molecule is COc1ccsc1C(=O)c1c[nH]c2ccc(C#N)cc12. The average Bonchev–Trinajstić information content (AvgIpc) is 3.12. The smallest absolute Gasteiger partial charge is 0.208 e. The van der Waals surface area contributed by atoms with Crippen molar-refractivity contribution in [2.24, 2.45) is 0 Å². The Labute approximate surface area is 119 Å². The summed E-state index contributed by atoms with van der Waals surface area (Å²) >= 11 is 1.35. The molecule has 0 atom stereocenters. The van der Waals surface area contributed by atoms with Gasteiger partial charge in [-0.05, 0) is 29.6 Å². The van der Waals surface area contributed by atoms with Crippen LogP contribution in [0.15, 0.2) is 35.8 Å². The molecule has 0 fully saturated rings. The maximum absolute atomic E-state index is 12.6. The molecule has 3 rings (SSSR count). The molecule has 0 aliphatic heterocycles. The number of rotatable bonds is 3. The first-order valence-electron chi connectivity index (χ1n) is 5.92. The number of hydrogen-bond donors (Lipinski definition) is 1. The van der Waals surface area contributed by atoms with Crippen LogP contribution >= 0.6 is 11.3 Å². The molecule has 0 spiro atoms. The molecule has 2 aromatic heterocycles. The predicted octanol–water partition coefficient (Wildman–Crippen LogP) is 3.34. The number of fused-ring (bicyclic) bond motifs is 1. The third kappa shape index (κ3) is 1.87. The Morgan fingerprint density at radius 1 is 1.40 bits per heavy atom. The Bertz CT molecular complexity index is 839. The van der Waals surface area contributed by atoms with Crippen LogP contribution in [0.2, 0.25) is 0 Å². The highest BCUT2D eigenvalue weighted by molar-refractivity contribution is 7.12. The quantitative estimate of drug-likeness (QED) is 0.749. The minimum atomic E-state index is -0.0989. The first kappa shape index (κ1) is 12.5. The Hall–Kier alpha value is -2.58. The van der Waals surface area contributed by atoms with Gasteiger partial charge in [-0.1, -0.05) is 0 Å². The van der Waals surface area contributed by atoms with Crippen molar-refractivity contribution >= 4 is 28.0 Å². The van der Waals surface area contributed by atoms with Crippen LogP contribution in [-0.4, -0.2) is 17.9 Å². The third-order valence-electron chi connectivity index (χ3n) is 3.11. The van der Waals surface area contributed by atoms with Crippen LogP contribution in [0.1, 0.15) is 20.8 Å². The summed E-state index contributed by atoms with van der Waals surface area (Å²) in [5.74, 6) is 0.476. The van der Waals surface area contributed by atoms with Crippen molar-refractivity contribution in [2.75, 3.05) is 7.11 Å². The summed E-state index contributed by atoms with van der Waals surface area (Å²) in [5.41, 5.74) is 1.92. The van der Waals surface area contributed by atoms with E-state index in [2.05, 4.69) is 11.1 Å². The lowest BCUT2D eigenvalue weighted by Gasteiger charge is -2.01. The monoisotopic (exact) mass is 282 g/mol. The fourth-order valence-corrected chi connectivity index (χ4v) is 2.94. The predicted molar refractivity (Wildman–Crippen MR) is 77.3 cm³/mol. The zero-order chi connectivity index (χ0) is 14.1. The van der Waals surface area contributed by atoms with Crippen molar-refractivity contribution in [3.8, 4) is 11.8 Å². The molecule has 0 saturated carbocycles. The molecule has 3 aromatic rings. The largest absolute Gasteiger partial charge is 0.495 e. The van der Waals surface area contributed by atoms with Gasteiger partial charge in [-0.25, -0.2) is 0 Å². The summed E-state index contributed by atoms with van der Waals surface area (Å²) in [4.78, 5) is 16.2. The maximum atomic E-state index is 12.6. The van der Waals surface area contributed by atoms with Crippen molar-refractivity contribution in [3.05, 3.63) is 51.8 Å². The summed E-state index contributed by atoms with van der Waals surface area (Å²) < 4.78 is 5.19. The summed E-state index contributed by atoms with van der Waals surface area (Å²) in [7, 11) is 1.54. The number of H-pyrrole nitrogens is 1. The molecule has 0 unspecified atom stereocenters. The Kier molecular flexibility index (Phi) is 3.01. The summed E-state index contributed by atoms with van der Waals surface area (Å²) in [6.45, 7) is 0. The molecule has 98 valence electrons. The fourth-order valence-electron chi connectivity index (χ4n) is 2.12. The van der Waals surface area contributed by atoms with Gasteiger partial charge in [0, 0.05) is 22.7 Å². The Morgan fingerprint density at radius 2 is 2.25 bits per heavy atom. The van der Waals surface area contributed by atoms with Gasteiger partial charge in [-0.15, -0.1) is 11.3 Å². The second-order valence-corrected chi connectivity index (χ2v) is 5.14. The fraction of sp³-hybridized carbons (Fsp3) is 0.0667. The van der Waals surface area contributed by atoms with Gasteiger partial charge in [0.1, 0.15) is 10.6 Å². The van der Waals surface area contributed by atoms with Crippen LogP contribution < -0.4 is 4.74 Å². The van der Waals surface area contributed by atoms with Gasteiger partial charge in [0.15, 0.2) is 0 Å². The molecular weight excluding hydrogens is 272 g/mol. The topological polar surface area (TPSA) is 65.9 Å². The minimum absolute atomic E-state index is 0.0989. The molecule has 0 saturated heterocycles.